The number of nitrogens with zero attached hydrogens (tertiary/aromatic N) is 1. The van der Waals surface area contributed by atoms with Gasteiger partial charge in [0.05, 0.1) is 16.1 Å². The zero-order valence-electron chi connectivity index (χ0n) is 7.07. The molecule has 1 aromatic heterocycles. The number of fused-ring (bicyclic) bond motifs is 1. The Morgan fingerprint density at radius 3 is 2.86 bits per heavy atom. The average molecular weight is 208 g/mol. The Bertz CT molecular complexity index is 510. The van der Waals surface area contributed by atoms with Gasteiger partial charge in [-0.1, -0.05) is 17.7 Å². The fraction of sp³-hybridized carbons (Fsp3) is 0. The molecular weight excluding hydrogens is 202 g/mol. The van der Waals surface area contributed by atoms with Crippen molar-refractivity contribution in [2.24, 2.45) is 0 Å². The lowest BCUT2D eigenvalue weighted by Gasteiger charge is -2.00. The number of halogens is 1. The van der Waals surface area contributed by atoms with Crippen LogP contribution >= 0.6 is 11.6 Å². The summed E-state index contributed by atoms with van der Waals surface area (Å²) >= 11 is 5.90. The Morgan fingerprint density at radius 2 is 2.14 bits per heavy atom. The molecule has 2 aromatic rings. The summed E-state index contributed by atoms with van der Waals surface area (Å²) in [6.45, 7) is 0. The van der Waals surface area contributed by atoms with E-state index in [1.165, 1.54) is 12.1 Å². The molecule has 0 aliphatic heterocycles. The van der Waals surface area contributed by atoms with E-state index in [1.54, 1.807) is 18.3 Å². The highest BCUT2D eigenvalue weighted by Gasteiger charge is 2.05. The summed E-state index contributed by atoms with van der Waals surface area (Å²) in [6, 6.07) is 6.35. The molecule has 0 unspecified atom stereocenters. The molecule has 0 atom stereocenters. The Balaban J connectivity index is 2.73. The van der Waals surface area contributed by atoms with E-state index in [-0.39, 0.29) is 5.56 Å². The maximum Gasteiger partial charge on any atom is 0.335 e. The van der Waals surface area contributed by atoms with Crippen molar-refractivity contribution >= 4 is 28.5 Å². The molecule has 4 heteroatoms. The molecule has 1 heterocycles. The summed E-state index contributed by atoms with van der Waals surface area (Å²) in [6.07, 6.45) is 1.55. The fourth-order valence-corrected chi connectivity index (χ4v) is 1.46. The Hall–Kier alpha value is -1.61. The standard InChI is InChI=1S/C10H6ClNO2/c11-8-3-4-12-9-5-6(10(13)14)1-2-7(8)9/h1-5H,(H,13,14). The molecule has 0 radical (unpaired) electrons. The van der Waals surface area contributed by atoms with Crippen molar-refractivity contribution in [1.82, 2.24) is 4.98 Å². The van der Waals surface area contributed by atoms with Crippen molar-refractivity contribution in [2.45, 2.75) is 0 Å². The maximum absolute atomic E-state index is 10.7. The van der Waals surface area contributed by atoms with E-state index in [9.17, 15) is 4.79 Å². The molecule has 0 aliphatic rings. The van der Waals surface area contributed by atoms with Crippen molar-refractivity contribution in [3.63, 3.8) is 0 Å². The van der Waals surface area contributed by atoms with E-state index in [1.807, 2.05) is 0 Å². The van der Waals surface area contributed by atoms with Crippen molar-refractivity contribution < 1.29 is 9.90 Å². The van der Waals surface area contributed by atoms with Gasteiger partial charge in [-0.05, 0) is 18.2 Å². The SMILES string of the molecule is O=C(O)c1ccc2c(Cl)ccnc2c1. The van der Waals surface area contributed by atoms with Gasteiger partial charge >= 0.3 is 5.97 Å². The van der Waals surface area contributed by atoms with Gasteiger partial charge in [-0.25, -0.2) is 4.79 Å². The number of hydrogen-bond acceptors (Lipinski definition) is 2. The monoisotopic (exact) mass is 207 g/mol. The molecule has 0 bridgehead atoms. The third-order valence-electron chi connectivity index (χ3n) is 1.94. The minimum absolute atomic E-state index is 0.215. The van der Waals surface area contributed by atoms with E-state index in [0.717, 1.165) is 5.39 Å². The van der Waals surface area contributed by atoms with Crippen LogP contribution < -0.4 is 0 Å². The molecule has 0 spiro atoms. The first-order valence-electron chi connectivity index (χ1n) is 3.96. The van der Waals surface area contributed by atoms with E-state index >= 15 is 0 Å². The number of aromatic carboxylic acids is 1. The molecular formula is C10H6ClNO2. The Labute approximate surface area is 85.0 Å². The van der Waals surface area contributed by atoms with E-state index in [4.69, 9.17) is 16.7 Å². The predicted octanol–water partition coefficient (Wildman–Crippen LogP) is 2.59. The van der Waals surface area contributed by atoms with Gasteiger partial charge < -0.3 is 5.11 Å². The van der Waals surface area contributed by atoms with Gasteiger partial charge in [0.25, 0.3) is 0 Å². The highest BCUT2D eigenvalue weighted by Crippen LogP contribution is 2.21. The molecule has 0 amide bonds. The molecule has 0 saturated carbocycles. The number of carboxylic acids is 1. The number of carbonyl (C=O) groups is 1. The number of aromatic nitrogens is 1. The van der Waals surface area contributed by atoms with Gasteiger partial charge in [-0.3, -0.25) is 4.98 Å². The van der Waals surface area contributed by atoms with E-state index in [0.29, 0.717) is 10.5 Å². The summed E-state index contributed by atoms with van der Waals surface area (Å²) in [5.41, 5.74) is 0.810. The Morgan fingerprint density at radius 1 is 1.36 bits per heavy atom. The zero-order valence-corrected chi connectivity index (χ0v) is 7.82. The average Bonchev–Trinajstić information content (AvgIpc) is 2.17. The van der Waals surface area contributed by atoms with Crippen molar-refractivity contribution in [3.05, 3.63) is 41.0 Å². The topological polar surface area (TPSA) is 50.2 Å². The molecule has 3 nitrogen and oxygen atoms in total. The van der Waals surface area contributed by atoms with Crippen molar-refractivity contribution in [3.8, 4) is 0 Å². The molecule has 2 rings (SSSR count). The van der Waals surface area contributed by atoms with Crippen LogP contribution in [0.15, 0.2) is 30.5 Å². The normalized spacial score (nSPS) is 10.4. The first kappa shape index (κ1) is 8.97. The fourth-order valence-electron chi connectivity index (χ4n) is 1.25. The first-order valence-corrected chi connectivity index (χ1v) is 4.34. The van der Waals surface area contributed by atoms with Crippen molar-refractivity contribution in [2.75, 3.05) is 0 Å². The lowest BCUT2D eigenvalue weighted by molar-refractivity contribution is 0.0697. The molecule has 0 aliphatic carbocycles. The van der Waals surface area contributed by atoms with Gasteiger partial charge in [-0.2, -0.15) is 0 Å². The number of benzene rings is 1. The number of carboxylic acid groups (broad SMARTS) is 1. The van der Waals surface area contributed by atoms with E-state index < -0.39 is 5.97 Å². The smallest absolute Gasteiger partial charge is 0.335 e. The molecule has 0 saturated heterocycles. The zero-order chi connectivity index (χ0) is 10.1. The number of hydrogen-bond donors (Lipinski definition) is 1. The van der Waals surface area contributed by atoms with Crippen LogP contribution in [0.4, 0.5) is 0 Å². The minimum Gasteiger partial charge on any atom is -0.478 e. The number of pyridine rings is 1. The van der Waals surface area contributed by atoms with Gasteiger partial charge in [-0.15, -0.1) is 0 Å². The van der Waals surface area contributed by atoms with Gasteiger partial charge in [0.15, 0.2) is 0 Å². The van der Waals surface area contributed by atoms with Crippen LogP contribution in [0.25, 0.3) is 10.9 Å². The summed E-state index contributed by atoms with van der Waals surface area (Å²) in [7, 11) is 0. The van der Waals surface area contributed by atoms with Gasteiger partial charge in [0.1, 0.15) is 0 Å². The van der Waals surface area contributed by atoms with Crippen molar-refractivity contribution in [1.29, 1.82) is 0 Å². The molecule has 1 aromatic carbocycles. The lowest BCUT2D eigenvalue weighted by atomic mass is 10.1. The van der Waals surface area contributed by atoms with Crippen LogP contribution in [-0.2, 0) is 0 Å². The second-order valence-electron chi connectivity index (χ2n) is 2.83. The summed E-state index contributed by atoms with van der Waals surface area (Å²) in [5.74, 6) is -0.964. The molecule has 1 N–H and O–H groups in total. The molecule has 0 fully saturated rings. The van der Waals surface area contributed by atoms with Crippen LogP contribution in [0.3, 0.4) is 0 Å². The third kappa shape index (κ3) is 1.42. The maximum atomic E-state index is 10.7. The molecule has 70 valence electrons. The summed E-state index contributed by atoms with van der Waals surface area (Å²) in [5, 5.41) is 10.1. The van der Waals surface area contributed by atoms with Crippen LogP contribution in [0.2, 0.25) is 5.02 Å². The second kappa shape index (κ2) is 3.27. The largest absolute Gasteiger partial charge is 0.478 e. The van der Waals surface area contributed by atoms with Crippen LogP contribution in [0, 0.1) is 0 Å². The summed E-state index contributed by atoms with van der Waals surface area (Å²) in [4.78, 5) is 14.7. The number of rotatable bonds is 1. The van der Waals surface area contributed by atoms with E-state index in [2.05, 4.69) is 4.98 Å². The first-order chi connectivity index (χ1) is 6.68. The van der Waals surface area contributed by atoms with Crippen LogP contribution in [-0.4, -0.2) is 16.1 Å². The predicted molar refractivity (Wildman–Crippen MR) is 53.7 cm³/mol. The quantitative estimate of drug-likeness (QED) is 0.782. The highest BCUT2D eigenvalue weighted by atomic mass is 35.5. The summed E-state index contributed by atoms with van der Waals surface area (Å²) < 4.78 is 0. The highest BCUT2D eigenvalue weighted by molar-refractivity contribution is 6.35. The second-order valence-corrected chi connectivity index (χ2v) is 3.24. The third-order valence-corrected chi connectivity index (χ3v) is 2.27. The van der Waals surface area contributed by atoms with Gasteiger partial charge in [0, 0.05) is 11.6 Å². The Kier molecular flexibility index (Phi) is 2.09. The van der Waals surface area contributed by atoms with Crippen LogP contribution in [0.1, 0.15) is 10.4 Å². The lowest BCUT2D eigenvalue weighted by Crippen LogP contribution is -1.95. The molecule has 14 heavy (non-hydrogen) atoms. The minimum atomic E-state index is -0.964. The van der Waals surface area contributed by atoms with Crippen LogP contribution in [0.5, 0.6) is 0 Å². The van der Waals surface area contributed by atoms with Gasteiger partial charge in [0.2, 0.25) is 0 Å².